The molecule has 0 aliphatic heterocycles. The van der Waals surface area contributed by atoms with Crippen molar-refractivity contribution in [3.8, 4) is 0 Å². The van der Waals surface area contributed by atoms with Crippen LogP contribution in [0.25, 0.3) is 0 Å². The van der Waals surface area contributed by atoms with E-state index in [0.29, 0.717) is 12.1 Å². The van der Waals surface area contributed by atoms with E-state index in [1.807, 2.05) is 18.7 Å². The van der Waals surface area contributed by atoms with Crippen molar-refractivity contribution >= 4 is 5.91 Å². The van der Waals surface area contributed by atoms with Gasteiger partial charge in [-0.15, -0.1) is 0 Å². The van der Waals surface area contributed by atoms with Crippen LogP contribution >= 0.6 is 0 Å². The van der Waals surface area contributed by atoms with E-state index in [9.17, 15) is 9.90 Å². The first-order valence-corrected chi connectivity index (χ1v) is 4.88. The number of likely N-dealkylation sites (N-methyl/N-ethyl adjacent to an activating group) is 1. The number of aliphatic hydroxyl groups is 1. The Bertz CT molecular complexity index is 200. The van der Waals surface area contributed by atoms with Crippen LogP contribution in [0.2, 0.25) is 0 Å². The molecule has 0 aromatic heterocycles. The molecule has 0 saturated carbocycles. The quantitative estimate of drug-likeness (QED) is 0.480. The number of hydrogen-bond donors (Lipinski definition) is 2. The molecule has 0 aromatic carbocycles. The Balaban J connectivity index is 3.90. The first-order chi connectivity index (χ1) is 6.51. The summed E-state index contributed by atoms with van der Waals surface area (Å²) in [6.45, 7) is 11.3. The van der Waals surface area contributed by atoms with Crippen molar-refractivity contribution in [2.24, 2.45) is 0 Å². The first-order valence-electron chi connectivity index (χ1n) is 4.88. The minimum absolute atomic E-state index is 0.301. The predicted molar refractivity (Wildman–Crippen MR) is 56.8 cm³/mol. The van der Waals surface area contributed by atoms with E-state index in [-0.39, 0.29) is 5.91 Å². The lowest BCUT2D eigenvalue weighted by molar-refractivity contribution is -0.120. The molecule has 0 aliphatic carbocycles. The Kier molecular flexibility index (Phi) is 6.16. The summed E-state index contributed by atoms with van der Waals surface area (Å²) in [6, 6.07) is 0. The number of nitrogens with one attached hydrogen (secondary N) is 1. The number of aliphatic hydroxyl groups excluding tert-OH is 1. The second-order valence-electron chi connectivity index (χ2n) is 3.26. The third-order valence-electron chi connectivity index (χ3n) is 2.01. The van der Waals surface area contributed by atoms with Crippen LogP contribution in [-0.2, 0) is 4.79 Å². The molecule has 4 nitrogen and oxygen atoms in total. The minimum atomic E-state index is -0.820. The Morgan fingerprint density at radius 2 is 2.00 bits per heavy atom. The number of carbonyl (C=O) groups excluding carboxylic acids is 1. The average Bonchev–Trinajstić information content (AvgIpc) is 2.13. The second kappa shape index (κ2) is 6.56. The van der Waals surface area contributed by atoms with E-state index >= 15 is 0 Å². The largest absolute Gasteiger partial charge is 0.372 e. The van der Waals surface area contributed by atoms with Gasteiger partial charge in [0.1, 0.15) is 6.23 Å². The van der Waals surface area contributed by atoms with Crippen molar-refractivity contribution in [1.29, 1.82) is 0 Å². The second-order valence-corrected chi connectivity index (χ2v) is 3.26. The van der Waals surface area contributed by atoms with E-state index in [4.69, 9.17) is 0 Å². The summed E-state index contributed by atoms with van der Waals surface area (Å²) in [5.41, 5.74) is 0.406. The summed E-state index contributed by atoms with van der Waals surface area (Å²) in [5.74, 6) is -0.301. The smallest absolute Gasteiger partial charge is 0.248 e. The molecular formula is C10H20N2O2. The van der Waals surface area contributed by atoms with E-state index in [1.54, 1.807) is 6.92 Å². The van der Waals surface area contributed by atoms with Gasteiger partial charge in [-0.2, -0.15) is 0 Å². The van der Waals surface area contributed by atoms with Gasteiger partial charge in [-0.05, 0) is 20.0 Å². The fourth-order valence-electron chi connectivity index (χ4n) is 1.05. The van der Waals surface area contributed by atoms with E-state index in [2.05, 4.69) is 11.9 Å². The Hall–Kier alpha value is -0.870. The number of carbonyl (C=O) groups is 1. The molecule has 0 radical (unpaired) electrons. The van der Waals surface area contributed by atoms with Gasteiger partial charge in [0.2, 0.25) is 5.91 Å². The van der Waals surface area contributed by atoms with Crippen molar-refractivity contribution in [1.82, 2.24) is 10.2 Å². The molecule has 0 saturated heterocycles. The molecule has 0 heterocycles. The van der Waals surface area contributed by atoms with Gasteiger partial charge < -0.3 is 10.4 Å². The van der Waals surface area contributed by atoms with Crippen LogP contribution in [-0.4, -0.2) is 41.8 Å². The zero-order chi connectivity index (χ0) is 11.1. The van der Waals surface area contributed by atoms with Crippen molar-refractivity contribution in [2.45, 2.75) is 27.0 Å². The lowest BCUT2D eigenvalue weighted by atomic mass is 10.3. The zero-order valence-electron chi connectivity index (χ0n) is 9.21. The molecule has 0 aromatic rings. The fourth-order valence-corrected chi connectivity index (χ4v) is 1.05. The molecule has 1 amide bonds. The monoisotopic (exact) mass is 200 g/mol. The van der Waals surface area contributed by atoms with Crippen LogP contribution in [0, 0.1) is 0 Å². The van der Waals surface area contributed by atoms with E-state index < -0.39 is 6.23 Å². The highest BCUT2D eigenvalue weighted by atomic mass is 16.3. The number of amides is 1. The van der Waals surface area contributed by atoms with Gasteiger partial charge >= 0.3 is 0 Å². The third-order valence-corrected chi connectivity index (χ3v) is 2.01. The fraction of sp³-hybridized carbons (Fsp3) is 0.700. The minimum Gasteiger partial charge on any atom is -0.372 e. The average molecular weight is 200 g/mol. The summed E-state index contributed by atoms with van der Waals surface area (Å²) in [7, 11) is 0. The maximum atomic E-state index is 11.1. The van der Waals surface area contributed by atoms with Gasteiger partial charge in [-0.25, -0.2) is 0 Å². The Morgan fingerprint density at radius 1 is 1.50 bits per heavy atom. The SMILES string of the molecule is C=C(C)C(=O)NC(O)CN(CC)CC. The highest BCUT2D eigenvalue weighted by molar-refractivity contribution is 5.92. The summed E-state index contributed by atoms with van der Waals surface area (Å²) in [5, 5.41) is 11.9. The zero-order valence-corrected chi connectivity index (χ0v) is 9.21. The molecular weight excluding hydrogens is 180 g/mol. The molecule has 1 atom stereocenters. The predicted octanol–water partition coefficient (Wildman–Crippen LogP) is 0.339. The maximum Gasteiger partial charge on any atom is 0.248 e. The van der Waals surface area contributed by atoms with E-state index in [0.717, 1.165) is 13.1 Å². The molecule has 82 valence electrons. The highest BCUT2D eigenvalue weighted by Crippen LogP contribution is 1.92. The van der Waals surface area contributed by atoms with Crippen LogP contribution < -0.4 is 5.32 Å². The van der Waals surface area contributed by atoms with Crippen LogP contribution in [0.3, 0.4) is 0 Å². The van der Waals surface area contributed by atoms with Gasteiger partial charge in [0.25, 0.3) is 0 Å². The standard InChI is InChI=1S/C10H20N2O2/c1-5-12(6-2)7-9(13)11-10(14)8(3)4/h9,13H,3,5-7H2,1-2,4H3,(H,11,14). The van der Waals surface area contributed by atoms with Crippen LogP contribution in [0.1, 0.15) is 20.8 Å². The normalized spacial score (nSPS) is 12.6. The lowest BCUT2D eigenvalue weighted by Gasteiger charge is -2.22. The molecule has 0 aliphatic rings. The van der Waals surface area contributed by atoms with Crippen molar-refractivity contribution < 1.29 is 9.90 Å². The summed E-state index contributed by atoms with van der Waals surface area (Å²) in [6.07, 6.45) is -0.820. The Labute approximate surface area is 85.6 Å². The number of rotatable bonds is 6. The van der Waals surface area contributed by atoms with Gasteiger partial charge in [0.15, 0.2) is 0 Å². The molecule has 14 heavy (non-hydrogen) atoms. The van der Waals surface area contributed by atoms with Crippen LogP contribution in [0.5, 0.6) is 0 Å². The van der Waals surface area contributed by atoms with Gasteiger partial charge in [0, 0.05) is 12.1 Å². The third kappa shape index (κ3) is 4.99. The van der Waals surface area contributed by atoms with Crippen LogP contribution in [0.15, 0.2) is 12.2 Å². The van der Waals surface area contributed by atoms with Gasteiger partial charge in [0.05, 0.1) is 0 Å². The van der Waals surface area contributed by atoms with Crippen molar-refractivity contribution in [2.75, 3.05) is 19.6 Å². The van der Waals surface area contributed by atoms with Crippen molar-refractivity contribution in [3.63, 3.8) is 0 Å². The molecule has 1 unspecified atom stereocenters. The molecule has 0 fully saturated rings. The molecule has 2 N–H and O–H groups in total. The van der Waals surface area contributed by atoms with Crippen molar-refractivity contribution in [3.05, 3.63) is 12.2 Å². The summed E-state index contributed by atoms with van der Waals surface area (Å²) < 4.78 is 0. The maximum absolute atomic E-state index is 11.1. The molecule has 0 spiro atoms. The molecule has 0 bridgehead atoms. The first kappa shape index (κ1) is 13.1. The summed E-state index contributed by atoms with van der Waals surface area (Å²) >= 11 is 0. The highest BCUT2D eigenvalue weighted by Gasteiger charge is 2.11. The Morgan fingerprint density at radius 3 is 2.36 bits per heavy atom. The topological polar surface area (TPSA) is 52.6 Å². The summed E-state index contributed by atoms with van der Waals surface area (Å²) in [4.78, 5) is 13.2. The molecule has 0 rings (SSSR count). The van der Waals surface area contributed by atoms with Gasteiger partial charge in [-0.1, -0.05) is 20.4 Å². The number of hydrogen-bond acceptors (Lipinski definition) is 3. The molecule has 4 heteroatoms. The van der Waals surface area contributed by atoms with Crippen LogP contribution in [0.4, 0.5) is 0 Å². The van der Waals surface area contributed by atoms with Gasteiger partial charge in [-0.3, -0.25) is 9.69 Å². The van der Waals surface area contributed by atoms with E-state index in [1.165, 1.54) is 0 Å². The lowest BCUT2D eigenvalue weighted by Crippen LogP contribution is -2.43. The number of nitrogens with zero attached hydrogens (tertiary/aromatic N) is 1.